The molecule has 1 unspecified atom stereocenters. The van der Waals surface area contributed by atoms with Gasteiger partial charge in [0.1, 0.15) is 23.5 Å². The maximum absolute atomic E-state index is 13.5. The molecule has 2 amide bonds. The molecule has 2 aromatic carbocycles. The van der Waals surface area contributed by atoms with Crippen LogP contribution in [0.15, 0.2) is 42.5 Å². The Morgan fingerprint density at radius 3 is 2.46 bits per heavy atom. The van der Waals surface area contributed by atoms with Gasteiger partial charge in [0.25, 0.3) is 0 Å². The monoisotopic (exact) mass is 364 g/mol. The van der Waals surface area contributed by atoms with E-state index in [2.05, 4.69) is 10.6 Å². The van der Waals surface area contributed by atoms with Crippen molar-refractivity contribution in [3.8, 4) is 5.75 Å². The van der Waals surface area contributed by atoms with Crippen molar-refractivity contribution in [3.05, 3.63) is 59.7 Å². The zero-order valence-electron chi connectivity index (χ0n) is 14.2. The topological polar surface area (TPSA) is 76.7 Å². The van der Waals surface area contributed by atoms with Gasteiger partial charge in [0, 0.05) is 25.3 Å². The van der Waals surface area contributed by atoms with Crippen LogP contribution in [0, 0.1) is 11.6 Å². The Balaban J connectivity index is 1.98. The standard InChI is InChI=1S/C18H18F2N2O4/c1-25-15-6-4-3-5-12(15)16(26-2)10-21-17(23)18(24)22-14-8-7-11(19)9-13(14)20/h3-9,16H,10H2,1-2H3,(H,21,23)(H,22,24). The number of halogens is 2. The number of ether oxygens (including phenoxy) is 2. The normalized spacial score (nSPS) is 11.5. The highest BCUT2D eigenvalue weighted by Gasteiger charge is 2.20. The summed E-state index contributed by atoms with van der Waals surface area (Å²) in [6.45, 7) is -0.00493. The molecule has 8 heteroatoms. The Labute approximate surface area is 149 Å². The van der Waals surface area contributed by atoms with Crippen LogP contribution in [0.5, 0.6) is 5.75 Å². The number of para-hydroxylation sites is 1. The minimum absolute atomic E-state index is 0.00493. The van der Waals surface area contributed by atoms with Gasteiger partial charge in [-0.05, 0) is 18.2 Å². The van der Waals surface area contributed by atoms with Crippen molar-refractivity contribution in [3.63, 3.8) is 0 Å². The van der Waals surface area contributed by atoms with E-state index < -0.39 is 29.6 Å². The first kappa shape index (κ1) is 19.3. The third kappa shape index (κ3) is 4.76. The van der Waals surface area contributed by atoms with E-state index in [9.17, 15) is 18.4 Å². The van der Waals surface area contributed by atoms with Crippen LogP contribution >= 0.6 is 0 Å². The molecule has 0 radical (unpaired) electrons. The molecule has 1 atom stereocenters. The Bertz CT molecular complexity index is 799. The molecule has 2 rings (SSSR count). The zero-order chi connectivity index (χ0) is 19.1. The highest BCUT2D eigenvalue weighted by Crippen LogP contribution is 2.26. The molecule has 0 bridgehead atoms. The number of hydrogen-bond acceptors (Lipinski definition) is 4. The summed E-state index contributed by atoms with van der Waals surface area (Å²) in [5, 5.41) is 4.49. The molecule has 0 saturated carbocycles. The quantitative estimate of drug-likeness (QED) is 0.772. The van der Waals surface area contributed by atoms with Crippen molar-refractivity contribution in [2.24, 2.45) is 0 Å². The molecule has 0 heterocycles. The van der Waals surface area contributed by atoms with Gasteiger partial charge in [0.05, 0.1) is 12.8 Å². The lowest BCUT2D eigenvalue weighted by Crippen LogP contribution is -2.38. The number of carbonyl (C=O) groups is 2. The van der Waals surface area contributed by atoms with Crippen LogP contribution in [0.4, 0.5) is 14.5 Å². The maximum atomic E-state index is 13.5. The molecular formula is C18H18F2N2O4. The molecule has 2 aromatic rings. The fraction of sp³-hybridized carbons (Fsp3) is 0.222. The highest BCUT2D eigenvalue weighted by molar-refractivity contribution is 6.39. The molecule has 0 aliphatic heterocycles. The summed E-state index contributed by atoms with van der Waals surface area (Å²) in [7, 11) is 2.96. The van der Waals surface area contributed by atoms with Crippen LogP contribution in [-0.4, -0.2) is 32.6 Å². The Hall–Kier alpha value is -3.00. The second-order valence-corrected chi connectivity index (χ2v) is 5.25. The molecular weight excluding hydrogens is 346 g/mol. The van der Waals surface area contributed by atoms with E-state index in [4.69, 9.17) is 9.47 Å². The average Bonchev–Trinajstić information content (AvgIpc) is 2.64. The number of methoxy groups -OCH3 is 2. The first-order chi connectivity index (χ1) is 12.5. The second-order valence-electron chi connectivity index (χ2n) is 5.25. The van der Waals surface area contributed by atoms with Crippen LogP contribution in [0.25, 0.3) is 0 Å². The van der Waals surface area contributed by atoms with Crippen LogP contribution in [0.2, 0.25) is 0 Å². The lowest BCUT2D eigenvalue weighted by molar-refractivity contribution is -0.136. The average molecular weight is 364 g/mol. The summed E-state index contributed by atoms with van der Waals surface area (Å²) in [5.74, 6) is -3.25. The first-order valence-electron chi connectivity index (χ1n) is 7.66. The smallest absolute Gasteiger partial charge is 0.313 e. The van der Waals surface area contributed by atoms with E-state index >= 15 is 0 Å². The van der Waals surface area contributed by atoms with E-state index in [-0.39, 0.29) is 12.2 Å². The maximum Gasteiger partial charge on any atom is 0.313 e. The molecule has 138 valence electrons. The number of anilines is 1. The summed E-state index contributed by atoms with van der Waals surface area (Å²) < 4.78 is 37.0. The van der Waals surface area contributed by atoms with Gasteiger partial charge in [0.2, 0.25) is 0 Å². The van der Waals surface area contributed by atoms with Crippen molar-refractivity contribution in [2.75, 3.05) is 26.1 Å². The largest absolute Gasteiger partial charge is 0.496 e. The number of nitrogens with one attached hydrogen (secondary N) is 2. The predicted octanol–water partition coefficient (Wildman–Crippen LogP) is 2.42. The first-order valence-corrected chi connectivity index (χ1v) is 7.66. The van der Waals surface area contributed by atoms with E-state index in [1.54, 1.807) is 24.3 Å². The summed E-state index contributed by atoms with van der Waals surface area (Å²) >= 11 is 0. The van der Waals surface area contributed by atoms with Crippen LogP contribution in [-0.2, 0) is 14.3 Å². The molecule has 0 aliphatic carbocycles. The SMILES string of the molecule is COc1ccccc1C(CNC(=O)C(=O)Nc1ccc(F)cc1F)OC. The van der Waals surface area contributed by atoms with Crippen molar-refractivity contribution >= 4 is 17.5 Å². The van der Waals surface area contributed by atoms with Crippen molar-refractivity contribution in [1.82, 2.24) is 5.32 Å². The minimum atomic E-state index is -1.08. The Morgan fingerprint density at radius 2 is 1.81 bits per heavy atom. The van der Waals surface area contributed by atoms with Crippen LogP contribution in [0.3, 0.4) is 0 Å². The molecule has 0 fully saturated rings. The van der Waals surface area contributed by atoms with Crippen LogP contribution in [0.1, 0.15) is 11.7 Å². The van der Waals surface area contributed by atoms with Gasteiger partial charge in [0.15, 0.2) is 0 Å². The molecule has 0 aliphatic rings. The summed E-state index contributed by atoms with van der Waals surface area (Å²) in [4.78, 5) is 23.8. The van der Waals surface area contributed by atoms with E-state index in [1.807, 2.05) is 0 Å². The molecule has 2 N–H and O–H groups in total. The minimum Gasteiger partial charge on any atom is -0.496 e. The van der Waals surface area contributed by atoms with E-state index in [0.29, 0.717) is 17.4 Å². The number of carbonyl (C=O) groups excluding carboxylic acids is 2. The lowest BCUT2D eigenvalue weighted by Gasteiger charge is -2.19. The van der Waals surface area contributed by atoms with E-state index in [1.165, 1.54) is 14.2 Å². The van der Waals surface area contributed by atoms with Crippen molar-refractivity contribution in [1.29, 1.82) is 0 Å². The third-order valence-corrected chi connectivity index (χ3v) is 3.60. The summed E-state index contributed by atoms with van der Waals surface area (Å²) in [6, 6.07) is 9.70. The number of hydrogen-bond donors (Lipinski definition) is 2. The number of amides is 2. The van der Waals surface area contributed by atoms with Gasteiger partial charge in [-0.3, -0.25) is 9.59 Å². The fourth-order valence-corrected chi connectivity index (χ4v) is 2.29. The van der Waals surface area contributed by atoms with Gasteiger partial charge < -0.3 is 20.1 Å². The molecule has 26 heavy (non-hydrogen) atoms. The highest BCUT2D eigenvalue weighted by atomic mass is 19.1. The van der Waals surface area contributed by atoms with Crippen LogP contribution < -0.4 is 15.4 Å². The second kappa shape index (κ2) is 8.91. The predicted molar refractivity (Wildman–Crippen MR) is 90.7 cm³/mol. The van der Waals surface area contributed by atoms with Gasteiger partial charge in [-0.2, -0.15) is 0 Å². The molecule has 0 aromatic heterocycles. The number of benzene rings is 2. The van der Waals surface area contributed by atoms with Gasteiger partial charge in [-0.15, -0.1) is 0 Å². The molecule has 0 spiro atoms. The number of rotatable bonds is 6. The van der Waals surface area contributed by atoms with Gasteiger partial charge in [-0.25, -0.2) is 8.78 Å². The fourth-order valence-electron chi connectivity index (χ4n) is 2.29. The summed E-state index contributed by atoms with van der Waals surface area (Å²) in [6.07, 6.45) is -0.551. The third-order valence-electron chi connectivity index (χ3n) is 3.60. The van der Waals surface area contributed by atoms with Gasteiger partial charge >= 0.3 is 11.8 Å². The van der Waals surface area contributed by atoms with Crippen molar-refractivity contribution in [2.45, 2.75) is 6.10 Å². The summed E-state index contributed by atoms with van der Waals surface area (Å²) in [5.41, 5.74) is 0.405. The zero-order valence-corrected chi connectivity index (χ0v) is 14.2. The Kier molecular flexibility index (Phi) is 6.62. The molecule has 0 saturated heterocycles. The molecule has 6 nitrogen and oxygen atoms in total. The lowest BCUT2D eigenvalue weighted by atomic mass is 10.1. The Morgan fingerprint density at radius 1 is 1.08 bits per heavy atom. The van der Waals surface area contributed by atoms with Crippen molar-refractivity contribution < 1.29 is 27.8 Å². The van der Waals surface area contributed by atoms with Gasteiger partial charge in [-0.1, -0.05) is 18.2 Å². The van der Waals surface area contributed by atoms with E-state index in [0.717, 1.165) is 12.1 Å².